The predicted octanol–water partition coefficient (Wildman–Crippen LogP) is 0.853. The average Bonchev–Trinajstić information content (AvgIpc) is 2.79. The molecule has 1 aliphatic heterocycles. The van der Waals surface area contributed by atoms with E-state index in [1.165, 1.54) is 18.2 Å². The van der Waals surface area contributed by atoms with Gasteiger partial charge in [-0.15, -0.1) is 0 Å². The van der Waals surface area contributed by atoms with Gasteiger partial charge in [0.05, 0.1) is 16.7 Å². The standard InChI is InChI=1S/C15H10N2O6S/c1-24(21,22)12-7-6-9(8-16-12)15(20)23-17-13(18)10-4-2-3-5-11(10)14(17)19/h2-8H,1H3. The number of rotatable bonds is 3. The van der Waals surface area contributed by atoms with Crippen LogP contribution in [0, 0.1) is 0 Å². The first-order valence-corrected chi connectivity index (χ1v) is 8.54. The lowest BCUT2D eigenvalue weighted by Crippen LogP contribution is -2.32. The molecule has 24 heavy (non-hydrogen) atoms. The van der Waals surface area contributed by atoms with Crippen molar-refractivity contribution in [2.24, 2.45) is 0 Å². The Kier molecular flexibility index (Phi) is 3.64. The molecular formula is C15H10N2O6S. The Bertz CT molecular complexity index is 931. The van der Waals surface area contributed by atoms with Crippen LogP contribution in [0.2, 0.25) is 0 Å². The Morgan fingerprint density at radius 1 is 1.04 bits per heavy atom. The van der Waals surface area contributed by atoms with Crippen molar-refractivity contribution in [1.82, 2.24) is 10.0 Å². The summed E-state index contributed by atoms with van der Waals surface area (Å²) in [6.45, 7) is 0. The predicted molar refractivity (Wildman–Crippen MR) is 79.7 cm³/mol. The van der Waals surface area contributed by atoms with Gasteiger partial charge in [-0.1, -0.05) is 17.2 Å². The molecule has 1 aromatic carbocycles. The van der Waals surface area contributed by atoms with Crippen molar-refractivity contribution >= 4 is 27.6 Å². The van der Waals surface area contributed by atoms with Crippen molar-refractivity contribution < 1.29 is 27.6 Å². The Morgan fingerprint density at radius 2 is 1.62 bits per heavy atom. The molecule has 2 aromatic rings. The molecule has 9 heteroatoms. The van der Waals surface area contributed by atoms with E-state index >= 15 is 0 Å². The lowest BCUT2D eigenvalue weighted by atomic mass is 10.1. The number of aromatic nitrogens is 1. The maximum Gasteiger partial charge on any atom is 0.365 e. The summed E-state index contributed by atoms with van der Waals surface area (Å²) < 4.78 is 22.7. The Hall–Kier alpha value is -3.07. The van der Waals surface area contributed by atoms with Gasteiger partial charge in [-0.2, -0.15) is 0 Å². The van der Waals surface area contributed by atoms with Crippen LogP contribution in [-0.4, -0.2) is 42.5 Å². The van der Waals surface area contributed by atoms with Gasteiger partial charge in [0, 0.05) is 12.5 Å². The number of nitrogens with zero attached hydrogens (tertiary/aromatic N) is 2. The molecule has 0 saturated carbocycles. The summed E-state index contributed by atoms with van der Waals surface area (Å²) >= 11 is 0. The van der Waals surface area contributed by atoms with E-state index < -0.39 is 27.6 Å². The molecule has 0 saturated heterocycles. The molecular weight excluding hydrogens is 336 g/mol. The fourth-order valence-corrected chi connectivity index (χ4v) is 2.67. The molecule has 0 atom stereocenters. The number of benzene rings is 1. The van der Waals surface area contributed by atoms with Gasteiger partial charge in [0.2, 0.25) is 0 Å². The van der Waals surface area contributed by atoms with E-state index in [9.17, 15) is 22.8 Å². The van der Waals surface area contributed by atoms with E-state index in [1.807, 2.05) is 0 Å². The van der Waals surface area contributed by atoms with Crippen LogP contribution in [0.5, 0.6) is 0 Å². The van der Waals surface area contributed by atoms with Crippen LogP contribution >= 0.6 is 0 Å². The van der Waals surface area contributed by atoms with E-state index in [1.54, 1.807) is 12.1 Å². The van der Waals surface area contributed by atoms with Gasteiger partial charge in [-0.05, 0) is 24.3 Å². The molecule has 8 nitrogen and oxygen atoms in total. The van der Waals surface area contributed by atoms with E-state index in [0.717, 1.165) is 18.5 Å². The van der Waals surface area contributed by atoms with Crippen molar-refractivity contribution in [3.63, 3.8) is 0 Å². The van der Waals surface area contributed by atoms with E-state index in [-0.39, 0.29) is 21.7 Å². The number of sulfone groups is 1. The second-order valence-corrected chi connectivity index (χ2v) is 6.95. The zero-order chi connectivity index (χ0) is 17.5. The highest BCUT2D eigenvalue weighted by atomic mass is 32.2. The van der Waals surface area contributed by atoms with Crippen LogP contribution in [0.15, 0.2) is 47.6 Å². The highest BCUT2D eigenvalue weighted by molar-refractivity contribution is 7.90. The summed E-state index contributed by atoms with van der Waals surface area (Å²) in [5, 5.41) is 0.164. The maximum atomic E-state index is 12.1. The van der Waals surface area contributed by atoms with Crippen LogP contribution < -0.4 is 0 Å². The van der Waals surface area contributed by atoms with Crippen LogP contribution in [-0.2, 0) is 14.7 Å². The molecule has 122 valence electrons. The first kappa shape index (κ1) is 15.8. The highest BCUT2D eigenvalue weighted by Crippen LogP contribution is 2.23. The molecule has 1 aromatic heterocycles. The van der Waals surface area contributed by atoms with Crippen molar-refractivity contribution in [3.8, 4) is 0 Å². The minimum Gasteiger partial charge on any atom is -0.324 e. The van der Waals surface area contributed by atoms with E-state index in [2.05, 4.69) is 4.98 Å². The highest BCUT2D eigenvalue weighted by Gasteiger charge is 2.38. The smallest absolute Gasteiger partial charge is 0.324 e. The molecule has 1 aliphatic rings. The monoisotopic (exact) mass is 346 g/mol. The number of amides is 2. The number of hydroxylamine groups is 2. The molecule has 2 heterocycles. The molecule has 0 aliphatic carbocycles. The molecule has 3 rings (SSSR count). The SMILES string of the molecule is CS(=O)(=O)c1ccc(C(=O)ON2C(=O)c3ccccc3C2=O)cn1. The molecule has 0 radical (unpaired) electrons. The summed E-state index contributed by atoms with van der Waals surface area (Å²) in [5.74, 6) is -2.49. The van der Waals surface area contributed by atoms with Gasteiger partial charge in [0.15, 0.2) is 14.9 Å². The molecule has 0 spiro atoms. The lowest BCUT2D eigenvalue weighted by molar-refractivity contribution is -0.0584. The summed E-state index contributed by atoms with van der Waals surface area (Å²) in [5.41, 5.74) is 0.181. The maximum absolute atomic E-state index is 12.1. The van der Waals surface area contributed by atoms with Gasteiger partial charge < -0.3 is 4.84 Å². The van der Waals surface area contributed by atoms with Crippen LogP contribution in [0.3, 0.4) is 0 Å². The number of carbonyl (C=O) groups is 3. The third-order valence-electron chi connectivity index (χ3n) is 3.28. The average molecular weight is 346 g/mol. The molecule has 0 fully saturated rings. The number of imide groups is 1. The zero-order valence-corrected chi connectivity index (χ0v) is 13.1. The minimum absolute atomic E-state index is 0.0982. The summed E-state index contributed by atoms with van der Waals surface area (Å²) in [7, 11) is -3.50. The van der Waals surface area contributed by atoms with Gasteiger partial charge in [0.25, 0.3) is 11.8 Å². The second-order valence-electron chi connectivity index (χ2n) is 4.99. The fourth-order valence-electron chi connectivity index (χ4n) is 2.11. The lowest BCUT2D eigenvalue weighted by Gasteiger charge is -2.12. The van der Waals surface area contributed by atoms with Crippen LogP contribution in [0.4, 0.5) is 0 Å². The molecule has 0 N–H and O–H groups in total. The zero-order valence-electron chi connectivity index (χ0n) is 12.3. The van der Waals surface area contributed by atoms with E-state index in [4.69, 9.17) is 4.84 Å². The molecule has 0 unspecified atom stereocenters. The van der Waals surface area contributed by atoms with Crippen molar-refractivity contribution in [2.75, 3.05) is 6.26 Å². The quantitative estimate of drug-likeness (QED) is 0.758. The summed E-state index contributed by atoms with van der Waals surface area (Å²) in [6.07, 6.45) is 1.98. The first-order chi connectivity index (χ1) is 11.3. The summed E-state index contributed by atoms with van der Waals surface area (Å²) in [4.78, 5) is 44.7. The Morgan fingerprint density at radius 3 is 2.08 bits per heavy atom. The van der Waals surface area contributed by atoms with Crippen molar-refractivity contribution in [1.29, 1.82) is 0 Å². The number of pyridine rings is 1. The molecule has 0 bridgehead atoms. The third-order valence-corrected chi connectivity index (χ3v) is 4.28. The van der Waals surface area contributed by atoms with Gasteiger partial charge in [-0.25, -0.2) is 18.2 Å². The third kappa shape index (κ3) is 2.65. The van der Waals surface area contributed by atoms with Crippen LogP contribution in [0.25, 0.3) is 0 Å². The normalized spacial score (nSPS) is 13.8. The van der Waals surface area contributed by atoms with Crippen molar-refractivity contribution in [3.05, 3.63) is 59.3 Å². The number of fused-ring (bicyclic) bond motifs is 1. The fraction of sp³-hybridized carbons (Fsp3) is 0.0667. The largest absolute Gasteiger partial charge is 0.365 e. The van der Waals surface area contributed by atoms with Gasteiger partial charge in [-0.3, -0.25) is 9.59 Å². The number of hydrogen-bond donors (Lipinski definition) is 0. The van der Waals surface area contributed by atoms with Gasteiger partial charge in [0.1, 0.15) is 0 Å². The molecule has 2 amide bonds. The second kappa shape index (κ2) is 5.53. The van der Waals surface area contributed by atoms with Crippen molar-refractivity contribution in [2.45, 2.75) is 5.03 Å². The van der Waals surface area contributed by atoms with E-state index in [0.29, 0.717) is 5.06 Å². The summed E-state index contributed by atoms with van der Waals surface area (Å²) in [6, 6.07) is 8.39. The van der Waals surface area contributed by atoms with Crippen LogP contribution in [0.1, 0.15) is 31.1 Å². The Balaban J connectivity index is 1.81. The topological polar surface area (TPSA) is 111 Å². The Labute approximate surface area is 136 Å². The van der Waals surface area contributed by atoms with Gasteiger partial charge >= 0.3 is 5.97 Å². The number of hydrogen-bond acceptors (Lipinski definition) is 7. The number of carbonyl (C=O) groups excluding carboxylic acids is 3. The minimum atomic E-state index is -3.50. The first-order valence-electron chi connectivity index (χ1n) is 6.65.